The van der Waals surface area contributed by atoms with Gasteiger partial charge in [0.1, 0.15) is 0 Å². The summed E-state index contributed by atoms with van der Waals surface area (Å²) < 4.78 is 0. The Balaban J connectivity index is 1.86. The molecule has 0 unspecified atom stereocenters. The van der Waals surface area contributed by atoms with Gasteiger partial charge < -0.3 is 10.6 Å². The van der Waals surface area contributed by atoms with Crippen molar-refractivity contribution in [2.24, 2.45) is 0 Å². The normalized spacial score (nSPS) is 11.1. The average Bonchev–Trinajstić information content (AvgIpc) is 2.46. The topological polar surface area (TPSA) is 37.0 Å². The zero-order valence-electron chi connectivity index (χ0n) is 12.6. The van der Waals surface area contributed by atoms with Gasteiger partial charge in [0.05, 0.1) is 5.52 Å². The van der Waals surface area contributed by atoms with Gasteiger partial charge in [-0.3, -0.25) is 4.98 Å². The molecule has 1 aromatic carbocycles. The Morgan fingerprint density at radius 3 is 2.70 bits per heavy atom. The Morgan fingerprint density at radius 2 is 1.85 bits per heavy atom. The number of benzene rings is 1. The molecule has 0 fully saturated rings. The number of hydrogen-bond donors (Lipinski definition) is 2. The second kappa shape index (κ2) is 7.98. The summed E-state index contributed by atoms with van der Waals surface area (Å²) in [6, 6.07) is 10.6. The minimum absolute atomic E-state index is 0.914. The third-order valence-corrected chi connectivity index (χ3v) is 3.38. The molecule has 0 amide bonds. The first-order valence-corrected chi connectivity index (χ1v) is 7.58. The van der Waals surface area contributed by atoms with Crippen molar-refractivity contribution in [2.45, 2.75) is 33.2 Å². The average molecular weight is 271 g/mol. The van der Waals surface area contributed by atoms with Gasteiger partial charge in [0, 0.05) is 17.6 Å². The molecule has 0 spiro atoms. The van der Waals surface area contributed by atoms with Crippen LogP contribution in [0.5, 0.6) is 0 Å². The van der Waals surface area contributed by atoms with Gasteiger partial charge >= 0.3 is 0 Å². The molecular formula is C17H25N3. The molecule has 0 saturated carbocycles. The van der Waals surface area contributed by atoms with Crippen LogP contribution in [-0.2, 0) is 6.54 Å². The summed E-state index contributed by atoms with van der Waals surface area (Å²) in [5.41, 5.74) is 3.52. The largest absolute Gasteiger partial charge is 0.317 e. The number of aryl methyl sites for hydroxylation is 1. The second-order valence-electron chi connectivity index (χ2n) is 5.22. The van der Waals surface area contributed by atoms with Crippen molar-refractivity contribution in [3.05, 3.63) is 41.6 Å². The van der Waals surface area contributed by atoms with Crippen LogP contribution in [0.4, 0.5) is 0 Å². The van der Waals surface area contributed by atoms with E-state index in [1.807, 2.05) is 6.07 Å². The fraction of sp³-hybridized carbons (Fsp3) is 0.471. The number of hydrogen-bond acceptors (Lipinski definition) is 3. The van der Waals surface area contributed by atoms with Crippen molar-refractivity contribution in [3.8, 4) is 0 Å². The Labute approximate surface area is 121 Å². The van der Waals surface area contributed by atoms with Crippen LogP contribution >= 0.6 is 0 Å². The van der Waals surface area contributed by atoms with Crippen LogP contribution in [0.15, 0.2) is 30.3 Å². The summed E-state index contributed by atoms with van der Waals surface area (Å²) in [7, 11) is 0. The summed E-state index contributed by atoms with van der Waals surface area (Å²) >= 11 is 0. The van der Waals surface area contributed by atoms with Crippen LogP contribution in [0.2, 0.25) is 0 Å². The SMILES string of the molecule is CCCNCCCNCc1cc(C)nc2ccccc12. The third kappa shape index (κ3) is 4.29. The van der Waals surface area contributed by atoms with Crippen LogP contribution in [0.25, 0.3) is 10.9 Å². The molecule has 0 bridgehead atoms. The van der Waals surface area contributed by atoms with E-state index >= 15 is 0 Å². The van der Waals surface area contributed by atoms with E-state index in [9.17, 15) is 0 Å². The zero-order chi connectivity index (χ0) is 14.2. The number of fused-ring (bicyclic) bond motifs is 1. The van der Waals surface area contributed by atoms with E-state index in [2.05, 4.69) is 53.7 Å². The Morgan fingerprint density at radius 1 is 1.05 bits per heavy atom. The first-order valence-electron chi connectivity index (χ1n) is 7.58. The lowest BCUT2D eigenvalue weighted by Gasteiger charge is -2.09. The van der Waals surface area contributed by atoms with Crippen LogP contribution in [0.1, 0.15) is 31.0 Å². The minimum Gasteiger partial charge on any atom is -0.317 e. The number of nitrogens with one attached hydrogen (secondary N) is 2. The number of rotatable bonds is 8. The van der Waals surface area contributed by atoms with Crippen LogP contribution in [0, 0.1) is 6.92 Å². The molecule has 3 nitrogen and oxygen atoms in total. The molecule has 0 saturated heterocycles. The standard InChI is InChI=1S/C17H25N3/c1-3-9-18-10-6-11-19-13-15-12-14(2)20-17-8-5-4-7-16(15)17/h4-5,7-8,12,18-19H,3,6,9-11,13H2,1-2H3. The monoisotopic (exact) mass is 271 g/mol. The summed E-state index contributed by atoms with van der Waals surface area (Å²) in [5, 5.41) is 8.21. The molecule has 0 aliphatic heterocycles. The maximum atomic E-state index is 4.58. The van der Waals surface area contributed by atoms with Crippen molar-refractivity contribution < 1.29 is 0 Å². The maximum Gasteiger partial charge on any atom is 0.0708 e. The third-order valence-electron chi connectivity index (χ3n) is 3.38. The fourth-order valence-corrected chi connectivity index (χ4v) is 2.40. The highest BCUT2D eigenvalue weighted by Gasteiger charge is 2.02. The van der Waals surface area contributed by atoms with Crippen LogP contribution < -0.4 is 10.6 Å². The van der Waals surface area contributed by atoms with Gasteiger partial charge in [-0.1, -0.05) is 25.1 Å². The highest BCUT2D eigenvalue weighted by atomic mass is 14.9. The minimum atomic E-state index is 0.914. The Bertz CT molecular complexity index is 537. The highest BCUT2D eigenvalue weighted by Crippen LogP contribution is 2.17. The second-order valence-corrected chi connectivity index (χ2v) is 5.22. The van der Waals surface area contributed by atoms with Crippen LogP contribution in [-0.4, -0.2) is 24.6 Å². The lowest BCUT2D eigenvalue weighted by atomic mass is 10.1. The summed E-state index contributed by atoms with van der Waals surface area (Å²) in [6.45, 7) is 8.43. The van der Waals surface area contributed by atoms with Gasteiger partial charge in [0.2, 0.25) is 0 Å². The van der Waals surface area contributed by atoms with E-state index in [0.29, 0.717) is 0 Å². The first-order chi connectivity index (χ1) is 9.81. The molecule has 1 heterocycles. The number of nitrogens with zero attached hydrogens (tertiary/aromatic N) is 1. The summed E-state index contributed by atoms with van der Waals surface area (Å²) in [6.07, 6.45) is 2.37. The van der Waals surface area contributed by atoms with Gasteiger partial charge in [-0.25, -0.2) is 0 Å². The van der Waals surface area contributed by atoms with E-state index < -0.39 is 0 Å². The van der Waals surface area contributed by atoms with Crippen molar-refractivity contribution in [1.82, 2.24) is 15.6 Å². The summed E-state index contributed by atoms with van der Waals surface area (Å²) in [5.74, 6) is 0. The molecule has 0 aliphatic carbocycles. The first kappa shape index (κ1) is 14.9. The Hall–Kier alpha value is -1.45. The molecule has 108 valence electrons. The molecule has 3 heteroatoms. The van der Waals surface area contributed by atoms with Crippen molar-refractivity contribution in [2.75, 3.05) is 19.6 Å². The predicted octanol–water partition coefficient (Wildman–Crippen LogP) is 3.02. The number of pyridine rings is 1. The molecule has 0 atom stereocenters. The molecule has 0 aliphatic rings. The van der Waals surface area contributed by atoms with Gasteiger partial charge in [-0.15, -0.1) is 0 Å². The van der Waals surface area contributed by atoms with E-state index in [0.717, 1.165) is 37.4 Å². The number of para-hydroxylation sites is 1. The smallest absolute Gasteiger partial charge is 0.0708 e. The molecule has 2 N–H and O–H groups in total. The van der Waals surface area contributed by atoms with Crippen molar-refractivity contribution >= 4 is 10.9 Å². The fourth-order valence-electron chi connectivity index (χ4n) is 2.40. The van der Waals surface area contributed by atoms with E-state index in [1.165, 1.54) is 23.8 Å². The maximum absolute atomic E-state index is 4.58. The van der Waals surface area contributed by atoms with Crippen molar-refractivity contribution in [3.63, 3.8) is 0 Å². The molecule has 2 aromatic rings. The van der Waals surface area contributed by atoms with Crippen molar-refractivity contribution in [1.29, 1.82) is 0 Å². The van der Waals surface area contributed by atoms with E-state index in [-0.39, 0.29) is 0 Å². The zero-order valence-corrected chi connectivity index (χ0v) is 12.6. The van der Waals surface area contributed by atoms with Gasteiger partial charge in [0.25, 0.3) is 0 Å². The Kier molecular flexibility index (Phi) is 5.96. The predicted molar refractivity (Wildman–Crippen MR) is 86.0 cm³/mol. The lowest BCUT2D eigenvalue weighted by Crippen LogP contribution is -2.22. The van der Waals surface area contributed by atoms with E-state index in [1.54, 1.807) is 0 Å². The molecular weight excluding hydrogens is 246 g/mol. The quantitative estimate of drug-likeness (QED) is 0.725. The highest BCUT2D eigenvalue weighted by molar-refractivity contribution is 5.82. The van der Waals surface area contributed by atoms with Gasteiger partial charge in [0.15, 0.2) is 0 Å². The van der Waals surface area contributed by atoms with Crippen LogP contribution in [0.3, 0.4) is 0 Å². The summed E-state index contributed by atoms with van der Waals surface area (Å²) in [4.78, 5) is 4.58. The molecule has 0 radical (unpaired) electrons. The van der Waals surface area contributed by atoms with E-state index in [4.69, 9.17) is 0 Å². The molecule has 1 aromatic heterocycles. The number of aromatic nitrogens is 1. The molecule has 20 heavy (non-hydrogen) atoms. The molecule has 2 rings (SSSR count). The van der Waals surface area contributed by atoms with Gasteiger partial charge in [-0.05, 0) is 57.1 Å². The lowest BCUT2D eigenvalue weighted by molar-refractivity contribution is 0.593. The van der Waals surface area contributed by atoms with Gasteiger partial charge in [-0.2, -0.15) is 0 Å².